The lowest BCUT2D eigenvalue weighted by Crippen LogP contribution is -2.37. The molecule has 1 fully saturated rings. The molecule has 0 aliphatic carbocycles. The highest BCUT2D eigenvalue weighted by molar-refractivity contribution is 8.19. The number of hydrogen-bond acceptors (Lipinski definition) is 6. The number of hydrazone groups is 1. The highest BCUT2D eigenvalue weighted by Gasteiger charge is 2.33. The first-order valence-electron chi connectivity index (χ1n) is 8.18. The van der Waals surface area contributed by atoms with Gasteiger partial charge in [0, 0.05) is 20.0 Å². The molecule has 2 aliphatic rings. The van der Waals surface area contributed by atoms with Crippen LogP contribution in [-0.2, 0) is 9.59 Å². The van der Waals surface area contributed by atoms with Crippen molar-refractivity contribution in [1.29, 1.82) is 5.26 Å². The summed E-state index contributed by atoms with van der Waals surface area (Å²) in [6.45, 7) is 2.75. The van der Waals surface area contributed by atoms with Gasteiger partial charge in [-0.15, -0.1) is 0 Å². The van der Waals surface area contributed by atoms with Crippen molar-refractivity contribution in [2.45, 2.75) is 26.2 Å². The number of likely N-dealkylation sites (tertiary alicyclic amines) is 1. The Morgan fingerprint density at radius 3 is 2.44 bits per heavy atom. The predicted molar refractivity (Wildman–Crippen MR) is 97.7 cm³/mol. The molecule has 1 aromatic carbocycles. The number of benzene rings is 1. The molecule has 128 valence electrons. The normalized spacial score (nSPS) is 19.3. The van der Waals surface area contributed by atoms with Crippen molar-refractivity contribution in [2.24, 2.45) is 5.10 Å². The topological polar surface area (TPSA) is 76.8 Å². The standard InChI is InChI=1S/C18H18N4O2S/c1-13(23)16-20-22(14-8-4-2-5-9-14)18(25-16)15(12-19)17(24)21-10-6-3-7-11-21/h2,4-5,8-9H,3,6-7,10-11H2,1H3. The van der Waals surface area contributed by atoms with Crippen molar-refractivity contribution < 1.29 is 9.59 Å². The van der Waals surface area contributed by atoms with E-state index in [0.717, 1.165) is 31.0 Å². The summed E-state index contributed by atoms with van der Waals surface area (Å²) in [4.78, 5) is 26.3. The van der Waals surface area contributed by atoms with Crippen LogP contribution < -0.4 is 5.01 Å². The quantitative estimate of drug-likeness (QED) is 0.616. The fourth-order valence-electron chi connectivity index (χ4n) is 2.78. The Bertz CT molecular complexity index is 789. The van der Waals surface area contributed by atoms with Gasteiger partial charge in [0.15, 0.2) is 10.8 Å². The number of nitriles is 1. The van der Waals surface area contributed by atoms with Gasteiger partial charge >= 0.3 is 0 Å². The molecule has 1 saturated heterocycles. The highest BCUT2D eigenvalue weighted by atomic mass is 32.2. The van der Waals surface area contributed by atoms with Gasteiger partial charge in [-0.2, -0.15) is 10.4 Å². The lowest BCUT2D eigenvalue weighted by atomic mass is 10.1. The Hall–Kier alpha value is -2.59. The minimum atomic E-state index is -0.286. The molecule has 0 bridgehead atoms. The van der Waals surface area contributed by atoms with Gasteiger partial charge in [0.1, 0.15) is 16.7 Å². The lowest BCUT2D eigenvalue weighted by molar-refractivity contribution is -0.127. The average molecular weight is 354 g/mol. The number of ketones is 1. The van der Waals surface area contributed by atoms with E-state index in [1.807, 2.05) is 36.4 Å². The minimum Gasteiger partial charge on any atom is -0.338 e. The molecular weight excluding hydrogens is 336 g/mol. The van der Waals surface area contributed by atoms with Crippen molar-refractivity contribution in [3.05, 3.63) is 40.9 Å². The van der Waals surface area contributed by atoms with Crippen LogP contribution in [0.5, 0.6) is 0 Å². The summed E-state index contributed by atoms with van der Waals surface area (Å²) in [5, 5.41) is 16.2. The van der Waals surface area contributed by atoms with Crippen LogP contribution in [0, 0.1) is 11.3 Å². The third kappa shape index (κ3) is 3.59. The van der Waals surface area contributed by atoms with Crippen LogP contribution in [0.4, 0.5) is 5.69 Å². The molecule has 3 rings (SSSR count). The molecule has 0 atom stereocenters. The van der Waals surface area contributed by atoms with Crippen molar-refractivity contribution in [3.8, 4) is 6.07 Å². The zero-order valence-electron chi connectivity index (χ0n) is 13.9. The summed E-state index contributed by atoms with van der Waals surface area (Å²) in [7, 11) is 0. The third-order valence-corrected chi connectivity index (χ3v) is 5.19. The Kier molecular flexibility index (Phi) is 5.19. The maximum atomic E-state index is 12.8. The molecule has 0 aromatic heterocycles. The second-order valence-corrected chi connectivity index (χ2v) is 6.83. The molecule has 7 heteroatoms. The number of carbonyl (C=O) groups is 2. The average Bonchev–Trinajstić information content (AvgIpc) is 3.09. The van der Waals surface area contributed by atoms with Gasteiger partial charge in [-0.3, -0.25) is 9.59 Å². The summed E-state index contributed by atoms with van der Waals surface area (Å²) in [6, 6.07) is 11.3. The van der Waals surface area contributed by atoms with Crippen molar-refractivity contribution in [2.75, 3.05) is 18.1 Å². The molecule has 0 N–H and O–H groups in total. The van der Waals surface area contributed by atoms with Gasteiger partial charge in [-0.1, -0.05) is 18.2 Å². The molecular formula is C18H18N4O2S. The van der Waals surface area contributed by atoms with E-state index in [9.17, 15) is 14.9 Å². The van der Waals surface area contributed by atoms with Crippen LogP contribution in [-0.4, -0.2) is 34.7 Å². The molecule has 25 heavy (non-hydrogen) atoms. The zero-order valence-corrected chi connectivity index (χ0v) is 14.8. The Morgan fingerprint density at radius 2 is 1.84 bits per heavy atom. The third-order valence-electron chi connectivity index (χ3n) is 4.06. The Labute approximate surface area is 150 Å². The minimum absolute atomic E-state index is 0.0377. The van der Waals surface area contributed by atoms with Gasteiger partial charge < -0.3 is 4.90 Å². The molecule has 2 aliphatic heterocycles. The largest absolute Gasteiger partial charge is 0.338 e. The van der Waals surface area contributed by atoms with E-state index >= 15 is 0 Å². The van der Waals surface area contributed by atoms with Crippen LogP contribution in [0.2, 0.25) is 0 Å². The van der Waals surface area contributed by atoms with Gasteiger partial charge in [-0.25, -0.2) is 5.01 Å². The number of amides is 1. The van der Waals surface area contributed by atoms with E-state index in [-0.39, 0.29) is 22.3 Å². The lowest BCUT2D eigenvalue weighted by Gasteiger charge is -2.27. The summed E-state index contributed by atoms with van der Waals surface area (Å²) in [6.07, 6.45) is 3.00. The number of hydrogen-bond donors (Lipinski definition) is 0. The first kappa shape index (κ1) is 17.2. The summed E-state index contributed by atoms with van der Waals surface area (Å²) < 4.78 is 0. The summed E-state index contributed by atoms with van der Waals surface area (Å²) in [5.74, 6) is -0.478. The molecule has 6 nitrogen and oxygen atoms in total. The van der Waals surface area contributed by atoms with E-state index in [0.29, 0.717) is 23.8 Å². The van der Waals surface area contributed by atoms with Gasteiger partial charge in [0.25, 0.3) is 5.91 Å². The maximum Gasteiger partial charge on any atom is 0.267 e. The van der Waals surface area contributed by atoms with E-state index in [1.165, 1.54) is 11.9 Å². The molecule has 0 saturated carbocycles. The van der Waals surface area contributed by atoms with E-state index in [1.54, 1.807) is 4.90 Å². The number of Topliss-reactive ketones (excluding diaryl/α,β-unsaturated/α-hetero) is 1. The monoisotopic (exact) mass is 354 g/mol. The Balaban J connectivity index is 2.01. The predicted octanol–water partition coefficient (Wildman–Crippen LogP) is 2.89. The van der Waals surface area contributed by atoms with E-state index in [4.69, 9.17) is 0 Å². The molecule has 0 unspecified atom stereocenters. The van der Waals surface area contributed by atoms with Crippen molar-refractivity contribution >= 4 is 34.2 Å². The maximum absolute atomic E-state index is 12.8. The van der Waals surface area contributed by atoms with Gasteiger partial charge in [-0.05, 0) is 43.2 Å². The molecule has 0 radical (unpaired) electrons. The smallest absolute Gasteiger partial charge is 0.267 e. The summed E-state index contributed by atoms with van der Waals surface area (Å²) in [5.41, 5.74) is 0.746. The zero-order chi connectivity index (χ0) is 17.8. The number of piperidine rings is 1. The van der Waals surface area contributed by atoms with Gasteiger partial charge in [0.2, 0.25) is 0 Å². The number of anilines is 1. The van der Waals surface area contributed by atoms with E-state index < -0.39 is 0 Å². The summed E-state index contributed by atoms with van der Waals surface area (Å²) >= 11 is 1.08. The van der Waals surface area contributed by atoms with Crippen LogP contribution in [0.3, 0.4) is 0 Å². The SMILES string of the molecule is CC(=O)C1=NN(c2ccccc2)C(=C(C#N)C(=O)N2CCCCC2)S1. The van der Waals surface area contributed by atoms with Gasteiger partial charge in [0.05, 0.1) is 5.69 Å². The highest BCUT2D eigenvalue weighted by Crippen LogP contribution is 2.37. The van der Waals surface area contributed by atoms with E-state index in [2.05, 4.69) is 5.10 Å². The molecule has 1 amide bonds. The first-order chi connectivity index (χ1) is 12.1. The fraction of sp³-hybridized carbons (Fsp3) is 0.333. The number of rotatable bonds is 3. The second-order valence-electron chi connectivity index (χ2n) is 5.86. The molecule has 1 aromatic rings. The fourth-order valence-corrected chi connectivity index (χ4v) is 3.69. The number of carbonyl (C=O) groups excluding carboxylic acids is 2. The van der Waals surface area contributed by atoms with Crippen LogP contribution in [0.15, 0.2) is 46.0 Å². The van der Waals surface area contributed by atoms with Crippen molar-refractivity contribution in [1.82, 2.24) is 4.90 Å². The van der Waals surface area contributed by atoms with Crippen molar-refractivity contribution in [3.63, 3.8) is 0 Å². The number of para-hydroxylation sites is 1. The number of thioether (sulfide) groups is 1. The van der Waals surface area contributed by atoms with Crippen LogP contribution in [0.25, 0.3) is 0 Å². The first-order valence-corrected chi connectivity index (χ1v) is 8.99. The number of nitrogens with zero attached hydrogens (tertiary/aromatic N) is 4. The van der Waals surface area contributed by atoms with Crippen LogP contribution >= 0.6 is 11.8 Å². The second kappa shape index (κ2) is 7.53. The van der Waals surface area contributed by atoms with Crippen LogP contribution in [0.1, 0.15) is 26.2 Å². The Morgan fingerprint density at radius 1 is 1.16 bits per heavy atom. The molecule has 2 heterocycles. The molecule has 0 spiro atoms.